The van der Waals surface area contributed by atoms with Gasteiger partial charge in [-0.1, -0.05) is 130 Å². The first kappa shape index (κ1) is 27.6. The second kappa shape index (κ2) is 9.85. The predicted octanol–water partition coefficient (Wildman–Crippen LogP) is 12.5. The molecule has 1 nitrogen and oxygen atoms in total. The largest absolute Gasteiger partial charge is 0.308 e. The molecule has 7 atom stereocenters. The van der Waals surface area contributed by atoms with E-state index in [4.69, 9.17) is 0 Å². The Labute approximate surface area is 283 Å². The monoisotopic (exact) mass is 621 g/mol. The third-order valence-electron chi connectivity index (χ3n) is 14.0. The molecule has 236 valence electrons. The average Bonchev–Trinajstić information content (AvgIpc) is 3.74. The second-order valence-electron chi connectivity index (χ2n) is 16.1. The van der Waals surface area contributed by atoms with E-state index in [2.05, 4.69) is 134 Å². The molecule has 4 aliphatic rings. The Balaban J connectivity index is 1.24. The van der Waals surface area contributed by atoms with Crippen molar-refractivity contribution in [3.8, 4) is 16.8 Å². The maximum absolute atomic E-state index is 2.70. The molecule has 0 saturated heterocycles. The smallest absolute Gasteiger partial charge is 0.0619 e. The normalized spacial score (nSPS) is 28.5. The minimum absolute atomic E-state index is 0.116. The van der Waals surface area contributed by atoms with Crippen LogP contribution >= 0.6 is 0 Å². The average molecular weight is 622 g/mol. The van der Waals surface area contributed by atoms with Crippen LogP contribution in [0.5, 0.6) is 0 Å². The molecule has 1 aromatic heterocycles. The summed E-state index contributed by atoms with van der Waals surface area (Å²) in [6.45, 7) is 5.02. The molecular formula is C47H43N. The molecule has 3 saturated carbocycles. The van der Waals surface area contributed by atoms with Gasteiger partial charge in [0.2, 0.25) is 0 Å². The van der Waals surface area contributed by atoms with E-state index in [9.17, 15) is 0 Å². The van der Waals surface area contributed by atoms with Crippen LogP contribution in [0.1, 0.15) is 63.5 Å². The van der Waals surface area contributed by atoms with Gasteiger partial charge in [-0.2, -0.15) is 0 Å². The zero-order valence-corrected chi connectivity index (χ0v) is 28.1. The molecule has 0 radical (unpaired) electrons. The Morgan fingerprint density at radius 2 is 1.27 bits per heavy atom. The van der Waals surface area contributed by atoms with Crippen molar-refractivity contribution in [3.05, 3.63) is 126 Å². The summed E-state index contributed by atoms with van der Waals surface area (Å²) in [6.07, 6.45) is 8.37. The lowest BCUT2D eigenvalue weighted by Crippen LogP contribution is -2.40. The van der Waals surface area contributed by atoms with Crippen molar-refractivity contribution in [1.29, 1.82) is 0 Å². The van der Waals surface area contributed by atoms with Gasteiger partial charge in [0.25, 0.3) is 0 Å². The Kier molecular flexibility index (Phi) is 5.66. The van der Waals surface area contributed by atoms with E-state index in [1.807, 2.05) is 0 Å². The van der Waals surface area contributed by atoms with E-state index in [1.54, 1.807) is 11.1 Å². The fourth-order valence-electron chi connectivity index (χ4n) is 12.5. The fourth-order valence-corrected chi connectivity index (χ4v) is 12.5. The summed E-state index contributed by atoms with van der Waals surface area (Å²) < 4.78 is 2.65. The molecule has 0 aliphatic heterocycles. The topological polar surface area (TPSA) is 4.93 Å². The first-order valence-corrected chi connectivity index (χ1v) is 18.7. The molecule has 0 amide bonds. The van der Waals surface area contributed by atoms with E-state index in [0.29, 0.717) is 0 Å². The minimum atomic E-state index is 0.116. The molecular weight excluding hydrogens is 579 g/mol. The fraction of sp³-hybridized carbons (Fsp3) is 0.319. The van der Waals surface area contributed by atoms with Gasteiger partial charge in [0.05, 0.1) is 11.0 Å². The molecule has 7 aromatic rings. The Morgan fingerprint density at radius 3 is 2.00 bits per heavy atom. The third-order valence-corrected chi connectivity index (χ3v) is 14.0. The number of rotatable bonds is 3. The van der Waals surface area contributed by atoms with Gasteiger partial charge in [-0.15, -0.1) is 0 Å². The van der Waals surface area contributed by atoms with E-state index in [0.717, 1.165) is 35.5 Å². The molecule has 1 spiro atoms. The summed E-state index contributed by atoms with van der Waals surface area (Å²) in [6, 6.07) is 44.6. The molecule has 6 aromatic carbocycles. The lowest BCUT2D eigenvalue weighted by Gasteiger charge is -2.45. The van der Waals surface area contributed by atoms with Crippen molar-refractivity contribution in [2.75, 3.05) is 0 Å². The van der Waals surface area contributed by atoms with Gasteiger partial charge in [0.1, 0.15) is 0 Å². The standard InChI is InChI=1S/C47H43N/c1-3-10-29-24-40-28(2)23-32-26-41(40)43(25-29)47(32)42-16-9-8-15-36(42)37-22-19-33(27-44(37)47)48-45-34-13-6-4-11-30(34)17-20-38(45)39-21-18-31-12-5-7-14-35(31)46(39)48/h4-9,11-22,27-29,32,40-41,43H,3,10,23-26H2,1-2H3. The lowest BCUT2D eigenvalue weighted by atomic mass is 9.59. The zero-order valence-electron chi connectivity index (χ0n) is 28.1. The number of fused-ring (bicyclic) bond motifs is 15. The van der Waals surface area contributed by atoms with Crippen LogP contribution in [-0.4, -0.2) is 4.57 Å². The Morgan fingerprint density at radius 1 is 0.604 bits per heavy atom. The van der Waals surface area contributed by atoms with E-state index < -0.39 is 0 Å². The number of hydrogen-bond acceptors (Lipinski definition) is 0. The number of aromatic nitrogens is 1. The summed E-state index contributed by atoms with van der Waals surface area (Å²) in [5, 5.41) is 7.95. The highest BCUT2D eigenvalue weighted by atomic mass is 15.0. The molecule has 0 N–H and O–H groups in total. The van der Waals surface area contributed by atoms with Gasteiger partial charge < -0.3 is 4.57 Å². The number of benzene rings is 6. The van der Waals surface area contributed by atoms with Crippen LogP contribution in [0.15, 0.2) is 115 Å². The molecule has 3 fully saturated rings. The second-order valence-corrected chi connectivity index (χ2v) is 16.1. The first-order chi connectivity index (χ1) is 23.7. The summed E-state index contributed by atoms with van der Waals surface area (Å²) >= 11 is 0. The molecule has 1 heterocycles. The van der Waals surface area contributed by atoms with Crippen molar-refractivity contribution in [2.45, 2.75) is 57.8 Å². The zero-order chi connectivity index (χ0) is 31.7. The van der Waals surface area contributed by atoms with E-state index >= 15 is 0 Å². The summed E-state index contributed by atoms with van der Waals surface area (Å²) in [7, 11) is 0. The van der Waals surface area contributed by atoms with Crippen LogP contribution in [0.3, 0.4) is 0 Å². The molecule has 4 aliphatic carbocycles. The van der Waals surface area contributed by atoms with Crippen LogP contribution in [-0.2, 0) is 5.41 Å². The highest BCUT2D eigenvalue weighted by molar-refractivity contribution is 6.23. The summed E-state index contributed by atoms with van der Waals surface area (Å²) in [5.74, 6) is 4.90. The van der Waals surface area contributed by atoms with Crippen LogP contribution in [0.25, 0.3) is 60.2 Å². The van der Waals surface area contributed by atoms with Crippen molar-refractivity contribution in [1.82, 2.24) is 4.57 Å². The maximum Gasteiger partial charge on any atom is 0.0619 e. The quantitative estimate of drug-likeness (QED) is 0.185. The van der Waals surface area contributed by atoms with Crippen LogP contribution in [0.4, 0.5) is 0 Å². The maximum atomic E-state index is 2.70. The number of nitrogens with zero attached hydrogens (tertiary/aromatic N) is 1. The van der Waals surface area contributed by atoms with Gasteiger partial charge in [0, 0.05) is 32.6 Å². The number of hydrogen-bond donors (Lipinski definition) is 0. The van der Waals surface area contributed by atoms with Crippen LogP contribution in [0, 0.1) is 35.5 Å². The van der Waals surface area contributed by atoms with Gasteiger partial charge in [-0.25, -0.2) is 0 Å². The predicted molar refractivity (Wildman–Crippen MR) is 202 cm³/mol. The first-order valence-electron chi connectivity index (χ1n) is 18.7. The van der Waals surface area contributed by atoms with E-state index in [-0.39, 0.29) is 5.41 Å². The Hall–Kier alpha value is -4.36. The van der Waals surface area contributed by atoms with Gasteiger partial charge in [-0.05, 0) is 106 Å². The van der Waals surface area contributed by atoms with Crippen molar-refractivity contribution in [2.24, 2.45) is 35.5 Å². The third kappa shape index (κ3) is 3.38. The molecule has 1 heteroatoms. The van der Waals surface area contributed by atoms with Gasteiger partial charge >= 0.3 is 0 Å². The Bertz CT molecular complexity index is 2350. The van der Waals surface area contributed by atoms with Crippen molar-refractivity contribution in [3.63, 3.8) is 0 Å². The van der Waals surface area contributed by atoms with Gasteiger partial charge in [-0.3, -0.25) is 0 Å². The summed E-state index contributed by atoms with van der Waals surface area (Å²) in [4.78, 5) is 0. The lowest BCUT2D eigenvalue weighted by molar-refractivity contribution is 0.0632. The SMILES string of the molecule is CCCC1CC2C(C)CC3CC2C(C1)C31c2ccccc2-c2ccc(-n3c4c5ccccc5ccc4c4ccc5ccccc5c43)cc21. The minimum Gasteiger partial charge on any atom is -0.308 e. The van der Waals surface area contributed by atoms with Crippen molar-refractivity contribution >= 4 is 43.4 Å². The molecule has 11 rings (SSSR count). The van der Waals surface area contributed by atoms with Gasteiger partial charge in [0.15, 0.2) is 0 Å². The molecule has 7 unspecified atom stereocenters. The van der Waals surface area contributed by atoms with Crippen LogP contribution < -0.4 is 0 Å². The van der Waals surface area contributed by atoms with E-state index in [1.165, 1.54) is 98.7 Å². The highest BCUT2D eigenvalue weighted by Gasteiger charge is 2.65. The van der Waals surface area contributed by atoms with Crippen molar-refractivity contribution < 1.29 is 0 Å². The molecule has 48 heavy (non-hydrogen) atoms. The van der Waals surface area contributed by atoms with Crippen LogP contribution in [0.2, 0.25) is 0 Å². The summed E-state index contributed by atoms with van der Waals surface area (Å²) in [5.41, 5.74) is 10.4. The highest BCUT2D eigenvalue weighted by Crippen LogP contribution is 2.72. The molecule has 2 bridgehead atoms.